The van der Waals surface area contributed by atoms with E-state index < -0.39 is 0 Å². The van der Waals surface area contributed by atoms with Crippen molar-refractivity contribution >= 4 is 17.7 Å². The van der Waals surface area contributed by atoms with Gasteiger partial charge in [0.05, 0.1) is 6.61 Å². The van der Waals surface area contributed by atoms with Gasteiger partial charge in [-0.2, -0.15) is 0 Å². The fourth-order valence-electron chi connectivity index (χ4n) is 2.82. The van der Waals surface area contributed by atoms with E-state index in [0.717, 1.165) is 24.5 Å². The molecule has 0 aliphatic carbocycles. The van der Waals surface area contributed by atoms with Gasteiger partial charge in [0.15, 0.2) is 0 Å². The number of nitrogens with one attached hydrogen (secondary N) is 1. The van der Waals surface area contributed by atoms with Crippen LogP contribution in [0.2, 0.25) is 0 Å². The monoisotopic (exact) mass is 385 g/mol. The lowest BCUT2D eigenvalue weighted by atomic mass is 9.99. The maximum atomic E-state index is 12.3. The molecule has 0 aliphatic rings. The Kier molecular flexibility index (Phi) is 9.85. The molecule has 1 N–H and O–H groups in total. The molecule has 4 heteroatoms. The highest BCUT2D eigenvalue weighted by Crippen LogP contribution is 2.18. The smallest absolute Gasteiger partial charge is 0.251 e. The summed E-state index contributed by atoms with van der Waals surface area (Å²) in [5, 5.41) is 3.07. The molecule has 0 aliphatic heterocycles. The topological polar surface area (TPSA) is 38.3 Å². The summed E-state index contributed by atoms with van der Waals surface area (Å²) in [6.45, 7) is 5.79. The number of carbonyl (C=O) groups excluding carboxylic acids is 1. The number of benzene rings is 2. The molecule has 0 radical (unpaired) electrons. The molecule has 0 aromatic heterocycles. The quantitative estimate of drug-likeness (QED) is 0.370. The van der Waals surface area contributed by atoms with Crippen molar-refractivity contribution in [2.75, 3.05) is 18.9 Å². The maximum Gasteiger partial charge on any atom is 0.251 e. The molecule has 146 valence electrons. The lowest BCUT2D eigenvalue weighted by Gasteiger charge is -2.15. The normalized spacial score (nSPS) is 11.8. The van der Waals surface area contributed by atoms with E-state index in [0.29, 0.717) is 18.1 Å². The Morgan fingerprint density at radius 1 is 1.07 bits per heavy atom. The minimum absolute atomic E-state index is 0.00358. The van der Waals surface area contributed by atoms with E-state index in [4.69, 9.17) is 4.74 Å². The molecule has 0 bridgehead atoms. The van der Waals surface area contributed by atoms with Gasteiger partial charge in [-0.15, -0.1) is 11.8 Å². The Bertz CT molecular complexity index is 658. The van der Waals surface area contributed by atoms with Crippen molar-refractivity contribution < 1.29 is 9.53 Å². The number of unbranched alkanes of at least 4 members (excludes halogenated alkanes) is 1. The van der Waals surface area contributed by atoms with Crippen LogP contribution in [0.1, 0.15) is 49.9 Å². The van der Waals surface area contributed by atoms with Crippen LogP contribution in [0, 0.1) is 5.92 Å². The Morgan fingerprint density at radius 2 is 1.81 bits per heavy atom. The molecular formula is C23H31NO2S. The van der Waals surface area contributed by atoms with Gasteiger partial charge in [-0.05, 0) is 48.7 Å². The number of rotatable bonds is 12. The van der Waals surface area contributed by atoms with Gasteiger partial charge in [0.2, 0.25) is 0 Å². The summed E-state index contributed by atoms with van der Waals surface area (Å²) in [7, 11) is 0. The molecular weight excluding hydrogens is 354 g/mol. The molecule has 1 atom stereocenters. The van der Waals surface area contributed by atoms with Crippen LogP contribution in [0.15, 0.2) is 59.5 Å². The number of hydrogen-bond acceptors (Lipinski definition) is 3. The standard InChI is InChI=1S/C23H31NO2S/c1-3-5-9-19(4-2)18-24-23(25)20-12-14-21(15-13-20)26-16-17-27-22-10-7-6-8-11-22/h6-8,10-15,19H,3-5,9,16-18H2,1-2H3,(H,24,25)/t19-/m0/s1. The van der Waals surface area contributed by atoms with Crippen LogP contribution in [0.4, 0.5) is 0 Å². The Labute approximate surface area is 167 Å². The molecule has 2 rings (SSSR count). The van der Waals surface area contributed by atoms with Gasteiger partial charge in [-0.1, -0.05) is 51.3 Å². The van der Waals surface area contributed by atoms with Gasteiger partial charge in [0.1, 0.15) is 5.75 Å². The van der Waals surface area contributed by atoms with E-state index in [1.54, 1.807) is 11.8 Å². The lowest BCUT2D eigenvalue weighted by Crippen LogP contribution is -2.29. The van der Waals surface area contributed by atoms with Crippen LogP contribution in [0.25, 0.3) is 0 Å². The molecule has 0 saturated carbocycles. The van der Waals surface area contributed by atoms with Gasteiger partial charge in [-0.25, -0.2) is 0 Å². The van der Waals surface area contributed by atoms with E-state index in [-0.39, 0.29) is 5.91 Å². The maximum absolute atomic E-state index is 12.3. The largest absolute Gasteiger partial charge is 0.493 e. The van der Waals surface area contributed by atoms with E-state index in [1.165, 1.54) is 24.2 Å². The highest BCUT2D eigenvalue weighted by Gasteiger charge is 2.10. The van der Waals surface area contributed by atoms with Gasteiger partial charge in [0.25, 0.3) is 5.91 Å². The SMILES string of the molecule is CCCC[C@H](CC)CNC(=O)c1ccc(OCCSc2ccccc2)cc1. The van der Waals surface area contributed by atoms with Crippen molar-refractivity contribution in [3.8, 4) is 5.75 Å². The summed E-state index contributed by atoms with van der Waals surface area (Å²) in [4.78, 5) is 13.6. The fraction of sp³-hybridized carbons (Fsp3) is 0.435. The zero-order valence-corrected chi connectivity index (χ0v) is 17.3. The van der Waals surface area contributed by atoms with Gasteiger partial charge in [0, 0.05) is 22.8 Å². The van der Waals surface area contributed by atoms with Crippen molar-refractivity contribution in [3.63, 3.8) is 0 Å². The summed E-state index contributed by atoms with van der Waals surface area (Å²) in [6, 6.07) is 17.7. The second kappa shape index (κ2) is 12.4. The first-order valence-corrected chi connectivity index (χ1v) is 10.9. The van der Waals surface area contributed by atoms with Gasteiger partial charge in [-0.3, -0.25) is 4.79 Å². The number of amides is 1. The first-order valence-electron chi connectivity index (χ1n) is 9.91. The van der Waals surface area contributed by atoms with Crippen LogP contribution in [-0.2, 0) is 0 Å². The highest BCUT2D eigenvalue weighted by atomic mass is 32.2. The zero-order valence-electron chi connectivity index (χ0n) is 16.4. The van der Waals surface area contributed by atoms with E-state index in [1.807, 2.05) is 42.5 Å². The van der Waals surface area contributed by atoms with Crippen LogP contribution in [0.3, 0.4) is 0 Å². The Morgan fingerprint density at radius 3 is 2.48 bits per heavy atom. The minimum atomic E-state index is -0.00358. The molecule has 27 heavy (non-hydrogen) atoms. The molecule has 0 unspecified atom stereocenters. The molecule has 0 fully saturated rings. The van der Waals surface area contributed by atoms with Crippen LogP contribution in [-0.4, -0.2) is 24.8 Å². The summed E-state index contributed by atoms with van der Waals surface area (Å²) in [5.41, 5.74) is 0.686. The molecule has 2 aromatic rings. The van der Waals surface area contributed by atoms with Crippen LogP contribution >= 0.6 is 11.8 Å². The van der Waals surface area contributed by atoms with Crippen molar-refractivity contribution in [2.24, 2.45) is 5.92 Å². The molecule has 3 nitrogen and oxygen atoms in total. The number of hydrogen-bond donors (Lipinski definition) is 1. The molecule has 0 heterocycles. The van der Waals surface area contributed by atoms with Crippen molar-refractivity contribution in [3.05, 3.63) is 60.2 Å². The molecule has 2 aromatic carbocycles. The summed E-state index contributed by atoms with van der Waals surface area (Å²) in [6.07, 6.45) is 4.72. The number of ether oxygens (including phenoxy) is 1. The molecule has 0 spiro atoms. The van der Waals surface area contributed by atoms with Crippen molar-refractivity contribution in [1.82, 2.24) is 5.32 Å². The lowest BCUT2D eigenvalue weighted by molar-refractivity contribution is 0.0946. The second-order valence-electron chi connectivity index (χ2n) is 6.66. The molecule has 1 amide bonds. The third kappa shape index (κ3) is 8.08. The average molecular weight is 386 g/mol. The Hall–Kier alpha value is -1.94. The predicted molar refractivity (Wildman–Crippen MR) is 115 cm³/mol. The van der Waals surface area contributed by atoms with E-state index >= 15 is 0 Å². The summed E-state index contributed by atoms with van der Waals surface area (Å²) in [5.74, 6) is 2.26. The molecule has 0 saturated heterocycles. The number of carbonyl (C=O) groups is 1. The van der Waals surface area contributed by atoms with Gasteiger partial charge >= 0.3 is 0 Å². The Balaban J connectivity index is 1.71. The minimum Gasteiger partial charge on any atom is -0.493 e. The highest BCUT2D eigenvalue weighted by molar-refractivity contribution is 7.99. The third-order valence-corrected chi connectivity index (χ3v) is 5.55. The van der Waals surface area contributed by atoms with Gasteiger partial charge < -0.3 is 10.1 Å². The second-order valence-corrected chi connectivity index (χ2v) is 7.83. The van der Waals surface area contributed by atoms with Crippen LogP contribution < -0.4 is 10.1 Å². The van der Waals surface area contributed by atoms with Crippen molar-refractivity contribution in [1.29, 1.82) is 0 Å². The first-order chi connectivity index (χ1) is 13.2. The first kappa shape index (κ1) is 21.4. The summed E-state index contributed by atoms with van der Waals surface area (Å²) >= 11 is 1.78. The zero-order chi connectivity index (χ0) is 19.3. The summed E-state index contributed by atoms with van der Waals surface area (Å²) < 4.78 is 5.77. The van der Waals surface area contributed by atoms with E-state index in [2.05, 4.69) is 31.3 Å². The average Bonchev–Trinajstić information content (AvgIpc) is 2.72. The number of thioether (sulfide) groups is 1. The predicted octanol–water partition coefficient (Wildman–Crippen LogP) is 5.80. The van der Waals surface area contributed by atoms with E-state index in [9.17, 15) is 4.79 Å². The van der Waals surface area contributed by atoms with Crippen molar-refractivity contribution in [2.45, 2.75) is 44.4 Å². The fourth-order valence-corrected chi connectivity index (χ4v) is 3.57. The van der Waals surface area contributed by atoms with Crippen LogP contribution in [0.5, 0.6) is 5.75 Å². The third-order valence-electron chi connectivity index (χ3n) is 4.58.